The molecular formula is C11H23NO2. The summed E-state index contributed by atoms with van der Waals surface area (Å²) in [7, 11) is 0. The molecule has 1 fully saturated rings. The molecule has 0 spiro atoms. The summed E-state index contributed by atoms with van der Waals surface area (Å²) in [6.07, 6.45) is 4.58. The van der Waals surface area contributed by atoms with Crippen LogP contribution in [0.4, 0.5) is 0 Å². The zero-order chi connectivity index (χ0) is 10.4. The van der Waals surface area contributed by atoms with Gasteiger partial charge in [0.15, 0.2) is 5.79 Å². The number of nitrogens with two attached hydrogens (primary N) is 1. The van der Waals surface area contributed by atoms with Crippen LogP contribution in [-0.2, 0) is 9.47 Å². The largest absolute Gasteiger partial charge is 0.350 e. The van der Waals surface area contributed by atoms with Gasteiger partial charge in [0, 0.05) is 32.1 Å². The second kappa shape index (κ2) is 5.69. The van der Waals surface area contributed by atoms with E-state index in [1.807, 2.05) is 13.8 Å². The summed E-state index contributed by atoms with van der Waals surface area (Å²) in [5.41, 5.74) is 5.78. The van der Waals surface area contributed by atoms with Gasteiger partial charge in [-0.3, -0.25) is 0 Å². The monoisotopic (exact) mass is 201 g/mol. The summed E-state index contributed by atoms with van der Waals surface area (Å²) in [4.78, 5) is 0. The summed E-state index contributed by atoms with van der Waals surface area (Å²) in [5.74, 6) is -0.00704. The number of ether oxygens (including phenoxy) is 2. The zero-order valence-electron chi connectivity index (χ0n) is 9.42. The fraction of sp³-hybridized carbons (Fsp3) is 1.00. The van der Waals surface area contributed by atoms with Crippen molar-refractivity contribution in [3.8, 4) is 0 Å². The summed E-state index contributed by atoms with van der Waals surface area (Å²) in [5, 5.41) is 0. The van der Waals surface area contributed by atoms with Crippen LogP contribution in [0.3, 0.4) is 0 Å². The Morgan fingerprint density at radius 2 is 1.86 bits per heavy atom. The fourth-order valence-corrected chi connectivity index (χ4v) is 2.39. The molecule has 1 atom stereocenters. The van der Waals surface area contributed by atoms with Crippen LogP contribution in [0.2, 0.25) is 0 Å². The SMILES string of the molecule is CCOC1(OCC)CCCCC1CN. The van der Waals surface area contributed by atoms with Crippen LogP contribution in [0, 0.1) is 5.92 Å². The predicted octanol–water partition coefficient (Wildman–Crippen LogP) is 1.90. The van der Waals surface area contributed by atoms with Gasteiger partial charge >= 0.3 is 0 Å². The molecule has 0 saturated heterocycles. The zero-order valence-corrected chi connectivity index (χ0v) is 9.42. The highest BCUT2D eigenvalue weighted by Crippen LogP contribution is 2.37. The molecule has 3 nitrogen and oxygen atoms in total. The van der Waals surface area contributed by atoms with E-state index < -0.39 is 0 Å². The van der Waals surface area contributed by atoms with Crippen molar-refractivity contribution in [1.29, 1.82) is 0 Å². The average Bonchev–Trinajstić information content (AvgIpc) is 2.19. The van der Waals surface area contributed by atoms with Crippen LogP contribution in [-0.4, -0.2) is 25.5 Å². The molecule has 1 rings (SSSR count). The van der Waals surface area contributed by atoms with Gasteiger partial charge in [-0.15, -0.1) is 0 Å². The van der Waals surface area contributed by atoms with Crippen molar-refractivity contribution in [2.24, 2.45) is 11.7 Å². The van der Waals surface area contributed by atoms with Crippen LogP contribution < -0.4 is 5.73 Å². The van der Waals surface area contributed by atoms with Crippen molar-refractivity contribution in [2.45, 2.75) is 45.3 Å². The lowest BCUT2D eigenvalue weighted by atomic mass is 9.83. The van der Waals surface area contributed by atoms with Crippen LogP contribution in [0.5, 0.6) is 0 Å². The second-order valence-corrected chi connectivity index (χ2v) is 3.86. The molecule has 1 aliphatic carbocycles. The molecule has 3 heteroatoms. The first kappa shape index (κ1) is 12.0. The van der Waals surface area contributed by atoms with Crippen molar-refractivity contribution in [2.75, 3.05) is 19.8 Å². The molecular weight excluding hydrogens is 178 g/mol. The molecule has 1 saturated carbocycles. The lowest BCUT2D eigenvalue weighted by Crippen LogP contribution is -2.49. The quantitative estimate of drug-likeness (QED) is 0.691. The van der Waals surface area contributed by atoms with E-state index in [9.17, 15) is 0 Å². The molecule has 1 aliphatic rings. The molecule has 0 heterocycles. The smallest absolute Gasteiger partial charge is 0.172 e. The van der Waals surface area contributed by atoms with Gasteiger partial charge in [-0.2, -0.15) is 0 Å². The minimum Gasteiger partial charge on any atom is -0.350 e. The fourth-order valence-electron chi connectivity index (χ4n) is 2.39. The molecule has 0 aromatic rings. The molecule has 0 amide bonds. The van der Waals surface area contributed by atoms with Crippen molar-refractivity contribution >= 4 is 0 Å². The van der Waals surface area contributed by atoms with Gasteiger partial charge in [0.25, 0.3) is 0 Å². The van der Waals surface area contributed by atoms with E-state index >= 15 is 0 Å². The van der Waals surface area contributed by atoms with E-state index in [-0.39, 0.29) is 5.79 Å². The normalized spacial score (nSPS) is 26.4. The van der Waals surface area contributed by atoms with E-state index in [1.165, 1.54) is 12.8 Å². The Morgan fingerprint density at radius 1 is 1.21 bits per heavy atom. The highest BCUT2D eigenvalue weighted by Gasteiger charge is 2.41. The third kappa shape index (κ3) is 2.47. The maximum Gasteiger partial charge on any atom is 0.172 e. The van der Waals surface area contributed by atoms with Crippen molar-refractivity contribution in [1.82, 2.24) is 0 Å². The van der Waals surface area contributed by atoms with Crippen molar-refractivity contribution in [3.05, 3.63) is 0 Å². The Balaban J connectivity index is 2.68. The Labute approximate surface area is 86.9 Å². The van der Waals surface area contributed by atoms with Gasteiger partial charge in [-0.1, -0.05) is 6.42 Å². The van der Waals surface area contributed by atoms with E-state index in [1.54, 1.807) is 0 Å². The van der Waals surface area contributed by atoms with Gasteiger partial charge in [0.1, 0.15) is 0 Å². The van der Waals surface area contributed by atoms with Crippen molar-refractivity contribution < 1.29 is 9.47 Å². The van der Waals surface area contributed by atoms with Gasteiger partial charge < -0.3 is 15.2 Å². The lowest BCUT2D eigenvalue weighted by molar-refractivity contribution is -0.274. The second-order valence-electron chi connectivity index (χ2n) is 3.86. The number of hydrogen-bond acceptors (Lipinski definition) is 3. The topological polar surface area (TPSA) is 44.5 Å². The molecule has 84 valence electrons. The van der Waals surface area contributed by atoms with Gasteiger partial charge in [-0.25, -0.2) is 0 Å². The van der Waals surface area contributed by atoms with Crippen LogP contribution in [0.25, 0.3) is 0 Å². The van der Waals surface area contributed by atoms with Gasteiger partial charge in [0.2, 0.25) is 0 Å². The van der Waals surface area contributed by atoms with E-state index in [4.69, 9.17) is 15.2 Å². The maximum absolute atomic E-state index is 5.81. The first-order valence-corrected chi connectivity index (χ1v) is 5.77. The highest BCUT2D eigenvalue weighted by molar-refractivity contribution is 4.84. The minimum atomic E-state index is -0.378. The van der Waals surface area contributed by atoms with Crippen molar-refractivity contribution in [3.63, 3.8) is 0 Å². The molecule has 0 bridgehead atoms. The lowest BCUT2D eigenvalue weighted by Gasteiger charge is -2.42. The van der Waals surface area contributed by atoms with E-state index in [0.29, 0.717) is 25.7 Å². The minimum absolute atomic E-state index is 0.371. The summed E-state index contributed by atoms with van der Waals surface area (Å²) in [6.45, 7) is 6.11. The van der Waals surface area contributed by atoms with Crippen LogP contribution in [0.1, 0.15) is 39.5 Å². The number of rotatable bonds is 5. The predicted molar refractivity (Wildman–Crippen MR) is 57.0 cm³/mol. The number of hydrogen-bond donors (Lipinski definition) is 1. The summed E-state index contributed by atoms with van der Waals surface area (Å²) >= 11 is 0. The molecule has 0 aromatic carbocycles. The standard InChI is InChI=1S/C11H23NO2/c1-3-13-11(14-4-2)8-6-5-7-10(11)9-12/h10H,3-9,12H2,1-2H3. The average molecular weight is 201 g/mol. The molecule has 0 aromatic heterocycles. The van der Waals surface area contributed by atoms with Crippen LogP contribution >= 0.6 is 0 Å². The van der Waals surface area contributed by atoms with Crippen LogP contribution in [0.15, 0.2) is 0 Å². The molecule has 1 unspecified atom stereocenters. The third-order valence-electron chi connectivity index (χ3n) is 3.01. The Morgan fingerprint density at radius 3 is 2.36 bits per heavy atom. The van der Waals surface area contributed by atoms with Gasteiger partial charge in [0.05, 0.1) is 0 Å². The maximum atomic E-state index is 5.81. The van der Waals surface area contributed by atoms with E-state index in [0.717, 1.165) is 12.8 Å². The molecule has 0 aliphatic heterocycles. The molecule has 0 radical (unpaired) electrons. The Hall–Kier alpha value is -0.120. The molecule has 2 N–H and O–H groups in total. The Kier molecular flexibility index (Phi) is 4.85. The summed E-state index contributed by atoms with van der Waals surface area (Å²) < 4.78 is 11.6. The first-order chi connectivity index (χ1) is 6.79. The molecule has 14 heavy (non-hydrogen) atoms. The third-order valence-corrected chi connectivity index (χ3v) is 3.01. The van der Waals surface area contributed by atoms with E-state index in [2.05, 4.69) is 0 Å². The summed E-state index contributed by atoms with van der Waals surface area (Å²) in [6, 6.07) is 0. The highest BCUT2D eigenvalue weighted by atomic mass is 16.7. The first-order valence-electron chi connectivity index (χ1n) is 5.77. The Bertz CT molecular complexity index is 150. The van der Waals surface area contributed by atoms with Gasteiger partial charge in [-0.05, 0) is 26.7 Å².